The maximum absolute atomic E-state index is 8.82. The molecule has 2 heterocycles. The van der Waals surface area contributed by atoms with E-state index in [1.165, 1.54) is 0 Å². The van der Waals surface area contributed by atoms with Gasteiger partial charge in [0, 0.05) is 13.1 Å². The highest BCUT2D eigenvalue weighted by atomic mass is 16.5. The average Bonchev–Trinajstić information content (AvgIpc) is 2.46. The van der Waals surface area contributed by atoms with Gasteiger partial charge in [0.1, 0.15) is 17.6 Å². The van der Waals surface area contributed by atoms with Crippen LogP contribution in [0.5, 0.6) is 0 Å². The Morgan fingerprint density at radius 2 is 2.22 bits per heavy atom. The van der Waals surface area contributed by atoms with Crippen molar-refractivity contribution in [3.8, 4) is 6.07 Å². The Morgan fingerprint density at radius 3 is 2.89 bits per heavy atom. The number of nitrogens with zero attached hydrogens (tertiary/aromatic N) is 3. The van der Waals surface area contributed by atoms with Crippen molar-refractivity contribution in [3.05, 3.63) is 23.9 Å². The van der Waals surface area contributed by atoms with E-state index < -0.39 is 0 Å². The van der Waals surface area contributed by atoms with Crippen LogP contribution in [0.2, 0.25) is 0 Å². The first kappa shape index (κ1) is 12.8. The fraction of sp³-hybridized carbons (Fsp3) is 0.538. The maximum atomic E-state index is 8.82. The first-order chi connectivity index (χ1) is 8.83. The van der Waals surface area contributed by atoms with E-state index in [0.717, 1.165) is 31.7 Å². The molecule has 2 rings (SSSR count). The van der Waals surface area contributed by atoms with Gasteiger partial charge in [-0.25, -0.2) is 4.98 Å². The Kier molecular flexibility index (Phi) is 4.51. The molecule has 1 aromatic rings. The molecule has 0 aliphatic carbocycles. The molecule has 0 spiro atoms. The number of ether oxygens (including phenoxy) is 1. The van der Waals surface area contributed by atoms with Crippen molar-refractivity contribution in [2.24, 2.45) is 0 Å². The van der Waals surface area contributed by atoms with E-state index in [-0.39, 0.29) is 12.7 Å². The van der Waals surface area contributed by atoms with Gasteiger partial charge in [0.15, 0.2) is 0 Å². The molecular weight excluding hydrogens is 230 g/mol. The molecule has 0 bridgehead atoms. The number of hydrogen-bond acceptors (Lipinski definition) is 5. The smallest absolute Gasteiger partial charge is 0.142 e. The first-order valence-corrected chi connectivity index (χ1v) is 6.18. The highest BCUT2D eigenvalue weighted by Crippen LogP contribution is 2.19. The molecular formula is C13H17N3O2. The van der Waals surface area contributed by atoms with Crippen LogP contribution in [0.15, 0.2) is 18.2 Å². The van der Waals surface area contributed by atoms with Gasteiger partial charge in [-0.3, -0.25) is 0 Å². The van der Waals surface area contributed by atoms with Gasteiger partial charge in [-0.15, -0.1) is 0 Å². The number of aromatic nitrogens is 1. The number of rotatable bonds is 4. The minimum Gasteiger partial charge on any atom is -0.394 e. The van der Waals surface area contributed by atoms with Crippen LogP contribution in [0.3, 0.4) is 0 Å². The second-order valence-corrected chi connectivity index (χ2v) is 4.27. The molecule has 1 fully saturated rings. The van der Waals surface area contributed by atoms with E-state index in [2.05, 4.69) is 16.0 Å². The van der Waals surface area contributed by atoms with E-state index in [1.807, 2.05) is 12.1 Å². The summed E-state index contributed by atoms with van der Waals surface area (Å²) in [6.45, 7) is 2.23. The quantitative estimate of drug-likeness (QED) is 0.857. The largest absolute Gasteiger partial charge is 0.394 e. The van der Waals surface area contributed by atoms with Gasteiger partial charge in [-0.05, 0) is 25.0 Å². The Labute approximate surface area is 107 Å². The Hall–Kier alpha value is -1.64. The predicted molar refractivity (Wildman–Crippen MR) is 67.2 cm³/mol. The number of hydrogen-bond donors (Lipinski definition) is 1. The second kappa shape index (κ2) is 6.34. The molecule has 0 radical (unpaired) electrons. The van der Waals surface area contributed by atoms with Crippen LogP contribution in [-0.4, -0.2) is 42.5 Å². The molecule has 1 aliphatic heterocycles. The van der Waals surface area contributed by atoms with Gasteiger partial charge in [0.2, 0.25) is 0 Å². The molecule has 1 saturated heterocycles. The zero-order valence-corrected chi connectivity index (χ0v) is 10.2. The van der Waals surface area contributed by atoms with Crippen molar-refractivity contribution in [2.75, 3.05) is 31.2 Å². The van der Waals surface area contributed by atoms with Gasteiger partial charge >= 0.3 is 0 Å². The summed E-state index contributed by atoms with van der Waals surface area (Å²) in [5.74, 6) is 0.856. The fourth-order valence-electron chi connectivity index (χ4n) is 2.13. The lowest BCUT2D eigenvalue weighted by atomic mass is 10.1. The van der Waals surface area contributed by atoms with Crippen molar-refractivity contribution in [2.45, 2.75) is 18.9 Å². The van der Waals surface area contributed by atoms with Crippen LogP contribution in [0.4, 0.5) is 5.82 Å². The molecule has 5 heteroatoms. The molecule has 1 aromatic heterocycles. The number of nitriles is 1. The summed E-state index contributed by atoms with van der Waals surface area (Å²) in [4.78, 5) is 6.45. The Morgan fingerprint density at radius 1 is 1.44 bits per heavy atom. The van der Waals surface area contributed by atoms with Crippen LogP contribution >= 0.6 is 0 Å². The summed E-state index contributed by atoms with van der Waals surface area (Å²) < 4.78 is 5.51. The van der Waals surface area contributed by atoms with Gasteiger partial charge in [0.05, 0.1) is 19.3 Å². The zero-order chi connectivity index (χ0) is 12.8. The zero-order valence-electron chi connectivity index (χ0n) is 10.2. The van der Waals surface area contributed by atoms with Crippen molar-refractivity contribution >= 4 is 5.82 Å². The highest BCUT2D eigenvalue weighted by molar-refractivity contribution is 5.41. The molecule has 0 unspecified atom stereocenters. The van der Waals surface area contributed by atoms with Crippen LogP contribution < -0.4 is 4.90 Å². The lowest BCUT2D eigenvalue weighted by Gasteiger charge is -2.32. The van der Waals surface area contributed by atoms with E-state index in [9.17, 15) is 0 Å². The van der Waals surface area contributed by atoms with Crippen molar-refractivity contribution in [1.29, 1.82) is 5.26 Å². The molecule has 1 N–H and O–H groups in total. The number of aliphatic hydroxyl groups excluding tert-OH is 1. The summed E-state index contributed by atoms with van der Waals surface area (Å²) in [5, 5.41) is 17.5. The van der Waals surface area contributed by atoms with Crippen LogP contribution in [0, 0.1) is 11.3 Å². The van der Waals surface area contributed by atoms with Gasteiger partial charge in [-0.2, -0.15) is 5.26 Å². The average molecular weight is 247 g/mol. The fourth-order valence-corrected chi connectivity index (χ4v) is 2.13. The SMILES string of the molecule is N#Cc1cccc(N2CCC(OCCO)CC2)n1. The molecule has 96 valence electrons. The van der Waals surface area contributed by atoms with Gasteiger partial charge in [-0.1, -0.05) is 6.07 Å². The van der Waals surface area contributed by atoms with Crippen LogP contribution in [-0.2, 0) is 4.74 Å². The molecule has 0 saturated carbocycles. The third-order valence-electron chi connectivity index (χ3n) is 3.06. The molecule has 0 amide bonds. The van der Waals surface area contributed by atoms with E-state index >= 15 is 0 Å². The van der Waals surface area contributed by atoms with Gasteiger partial charge < -0.3 is 14.7 Å². The number of piperidine rings is 1. The second-order valence-electron chi connectivity index (χ2n) is 4.27. The number of anilines is 1. The Bertz CT molecular complexity index is 422. The van der Waals surface area contributed by atoms with Gasteiger partial charge in [0.25, 0.3) is 0 Å². The topological polar surface area (TPSA) is 69.4 Å². The lowest BCUT2D eigenvalue weighted by molar-refractivity contribution is 0.0158. The van der Waals surface area contributed by atoms with E-state index in [1.54, 1.807) is 6.07 Å². The van der Waals surface area contributed by atoms with Crippen molar-refractivity contribution < 1.29 is 9.84 Å². The normalized spacial score (nSPS) is 16.6. The Balaban J connectivity index is 1.91. The minimum absolute atomic E-state index is 0.0754. The number of aliphatic hydroxyl groups is 1. The third kappa shape index (κ3) is 3.19. The van der Waals surface area contributed by atoms with Crippen molar-refractivity contribution in [1.82, 2.24) is 4.98 Å². The summed E-state index contributed by atoms with van der Waals surface area (Å²) >= 11 is 0. The molecule has 5 nitrogen and oxygen atoms in total. The van der Waals surface area contributed by atoms with Crippen molar-refractivity contribution in [3.63, 3.8) is 0 Å². The lowest BCUT2D eigenvalue weighted by Crippen LogP contribution is -2.37. The predicted octanol–water partition coefficient (Wildman–Crippen LogP) is 0.931. The molecule has 0 aromatic carbocycles. The summed E-state index contributed by atoms with van der Waals surface area (Å²) in [5.41, 5.74) is 0.450. The molecule has 18 heavy (non-hydrogen) atoms. The third-order valence-corrected chi connectivity index (χ3v) is 3.06. The first-order valence-electron chi connectivity index (χ1n) is 6.18. The monoisotopic (exact) mass is 247 g/mol. The highest BCUT2D eigenvalue weighted by Gasteiger charge is 2.20. The summed E-state index contributed by atoms with van der Waals surface area (Å²) in [6.07, 6.45) is 2.09. The van der Waals surface area contributed by atoms with E-state index in [4.69, 9.17) is 15.1 Å². The summed E-state index contributed by atoms with van der Waals surface area (Å²) in [6, 6.07) is 7.54. The number of pyridine rings is 1. The molecule has 1 aliphatic rings. The van der Waals surface area contributed by atoms with Crippen LogP contribution in [0.25, 0.3) is 0 Å². The molecule has 0 atom stereocenters. The standard InChI is InChI=1S/C13H17N3O2/c14-10-11-2-1-3-13(15-11)16-6-4-12(5-7-16)18-9-8-17/h1-3,12,17H,4-9H2. The van der Waals surface area contributed by atoms with E-state index in [0.29, 0.717) is 12.3 Å². The minimum atomic E-state index is 0.0754. The summed E-state index contributed by atoms with van der Waals surface area (Å²) in [7, 11) is 0. The van der Waals surface area contributed by atoms with Crippen LogP contribution in [0.1, 0.15) is 18.5 Å². The maximum Gasteiger partial charge on any atom is 0.142 e.